The highest BCUT2D eigenvalue weighted by Gasteiger charge is 2.17. The minimum Gasteiger partial charge on any atom is -0.459 e. The van der Waals surface area contributed by atoms with E-state index in [9.17, 15) is 9.59 Å². The highest BCUT2D eigenvalue weighted by Crippen LogP contribution is 2.20. The summed E-state index contributed by atoms with van der Waals surface area (Å²) in [4.78, 5) is 23.2. The van der Waals surface area contributed by atoms with E-state index in [0.29, 0.717) is 18.2 Å². The number of aromatic nitrogens is 2. The molecule has 2 aromatic rings. The zero-order valence-electron chi connectivity index (χ0n) is 13.3. The third kappa shape index (κ3) is 5.82. The Morgan fingerprint density at radius 2 is 2.13 bits per heavy atom. The number of amides is 1. The Balaban J connectivity index is 1.73. The Kier molecular flexibility index (Phi) is 5.49. The van der Waals surface area contributed by atoms with E-state index < -0.39 is 11.6 Å². The molecule has 0 bridgehead atoms. The lowest BCUT2D eigenvalue weighted by atomic mass is 10.2. The third-order valence-electron chi connectivity index (χ3n) is 2.65. The number of aryl methyl sites for hydroxylation is 1. The summed E-state index contributed by atoms with van der Waals surface area (Å²) in [5.74, 6) is 0.0866. The molecular weight excluding hydrogens is 318 g/mol. The van der Waals surface area contributed by atoms with Gasteiger partial charge in [-0.05, 0) is 32.2 Å². The lowest BCUT2D eigenvalue weighted by molar-refractivity contribution is -0.154. The number of hydrogen-bond donors (Lipinski definition) is 1. The Bertz CT molecular complexity index is 659. The zero-order chi connectivity index (χ0) is 16.9. The lowest BCUT2D eigenvalue weighted by Gasteiger charge is -2.19. The second-order valence-corrected chi connectivity index (χ2v) is 6.66. The van der Waals surface area contributed by atoms with Gasteiger partial charge in [-0.15, -0.1) is 10.2 Å². The number of rotatable bonds is 6. The van der Waals surface area contributed by atoms with Crippen molar-refractivity contribution in [3.05, 3.63) is 22.7 Å². The average Bonchev–Trinajstić information content (AvgIpc) is 3.11. The fourth-order valence-corrected chi connectivity index (χ4v) is 2.34. The van der Waals surface area contributed by atoms with E-state index in [0.717, 1.165) is 5.56 Å². The SMILES string of the molecule is CC(C)(C)OC(=O)CNC(=O)CCc1nnc(-c2ccsc2)o1. The first-order chi connectivity index (χ1) is 10.8. The molecule has 0 aliphatic carbocycles. The minimum atomic E-state index is -0.566. The summed E-state index contributed by atoms with van der Waals surface area (Å²) in [5, 5.41) is 14.2. The molecule has 0 radical (unpaired) electrons. The van der Waals surface area contributed by atoms with Crippen LogP contribution in [0.25, 0.3) is 11.5 Å². The van der Waals surface area contributed by atoms with E-state index in [-0.39, 0.29) is 18.9 Å². The molecule has 23 heavy (non-hydrogen) atoms. The molecule has 0 fully saturated rings. The van der Waals surface area contributed by atoms with Crippen LogP contribution >= 0.6 is 11.3 Å². The van der Waals surface area contributed by atoms with Crippen molar-refractivity contribution in [2.45, 2.75) is 39.2 Å². The molecule has 0 atom stereocenters. The molecule has 2 rings (SSSR count). The van der Waals surface area contributed by atoms with Crippen molar-refractivity contribution in [2.24, 2.45) is 0 Å². The zero-order valence-corrected chi connectivity index (χ0v) is 14.1. The second kappa shape index (κ2) is 7.36. The number of carbonyl (C=O) groups excluding carboxylic acids is 2. The fourth-order valence-electron chi connectivity index (χ4n) is 1.71. The van der Waals surface area contributed by atoms with E-state index in [1.807, 2.05) is 16.8 Å². The summed E-state index contributed by atoms with van der Waals surface area (Å²) >= 11 is 1.54. The summed E-state index contributed by atoms with van der Waals surface area (Å²) in [6.07, 6.45) is 0.478. The van der Waals surface area contributed by atoms with E-state index in [2.05, 4.69) is 15.5 Å². The topological polar surface area (TPSA) is 94.3 Å². The van der Waals surface area contributed by atoms with Crippen LogP contribution in [0.4, 0.5) is 0 Å². The second-order valence-electron chi connectivity index (χ2n) is 5.88. The highest BCUT2D eigenvalue weighted by atomic mass is 32.1. The van der Waals surface area contributed by atoms with E-state index in [1.165, 1.54) is 11.3 Å². The standard InChI is InChI=1S/C15H19N3O4S/c1-15(2,3)22-13(20)8-16-11(19)4-5-12-17-18-14(21-12)10-6-7-23-9-10/h6-7,9H,4-5,8H2,1-3H3,(H,16,19). The van der Waals surface area contributed by atoms with Crippen LogP contribution < -0.4 is 5.32 Å². The molecule has 0 aliphatic heterocycles. The molecule has 2 aromatic heterocycles. The molecule has 0 unspecified atom stereocenters. The number of hydrogen-bond acceptors (Lipinski definition) is 7. The molecule has 1 N–H and O–H groups in total. The predicted octanol–water partition coefficient (Wildman–Crippen LogP) is 2.19. The van der Waals surface area contributed by atoms with E-state index >= 15 is 0 Å². The molecule has 2 heterocycles. The Morgan fingerprint density at radius 3 is 2.78 bits per heavy atom. The number of nitrogens with one attached hydrogen (secondary N) is 1. The Hall–Kier alpha value is -2.22. The van der Waals surface area contributed by atoms with Crippen LogP contribution in [0.5, 0.6) is 0 Å². The Morgan fingerprint density at radius 1 is 1.35 bits per heavy atom. The molecule has 0 saturated heterocycles. The van der Waals surface area contributed by atoms with E-state index in [1.54, 1.807) is 20.8 Å². The normalized spacial score (nSPS) is 11.3. The first kappa shape index (κ1) is 17.1. The summed E-state index contributed by atoms with van der Waals surface area (Å²) in [5.41, 5.74) is 0.298. The molecule has 0 aromatic carbocycles. The van der Waals surface area contributed by atoms with Crippen molar-refractivity contribution in [3.63, 3.8) is 0 Å². The van der Waals surface area contributed by atoms with Crippen molar-refractivity contribution < 1.29 is 18.7 Å². The quantitative estimate of drug-likeness (QED) is 0.812. The van der Waals surface area contributed by atoms with Crippen molar-refractivity contribution in [1.29, 1.82) is 0 Å². The number of carbonyl (C=O) groups is 2. The van der Waals surface area contributed by atoms with Crippen molar-refractivity contribution in [1.82, 2.24) is 15.5 Å². The first-order valence-corrected chi connectivity index (χ1v) is 8.11. The van der Waals surface area contributed by atoms with Gasteiger partial charge in [0.2, 0.25) is 17.7 Å². The molecule has 1 amide bonds. The first-order valence-electron chi connectivity index (χ1n) is 7.17. The number of thiophene rings is 1. The van der Waals surface area contributed by atoms with Crippen LogP contribution in [0, 0.1) is 0 Å². The van der Waals surface area contributed by atoms with Gasteiger partial charge in [0.15, 0.2) is 0 Å². The van der Waals surface area contributed by atoms with Gasteiger partial charge in [-0.25, -0.2) is 0 Å². The number of esters is 1. The molecule has 0 saturated carbocycles. The molecule has 7 nitrogen and oxygen atoms in total. The monoisotopic (exact) mass is 337 g/mol. The smallest absolute Gasteiger partial charge is 0.325 e. The van der Waals surface area contributed by atoms with Crippen molar-refractivity contribution in [3.8, 4) is 11.5 Å². The van der Waals surface area contributed by atoms with Gasteiger partial charge >= 0.3 is 5.97 Å². The molecular formula is C15H19N3O4S. The summed E-state index contributed by atoms with van der Waals surface area (Å²) in [7, 11) is 0. The maximum absolute atomic E-state index is 11.7. The van der Waals surface area contributed by atoms with Gasteiger partial charge in [0.05, 0.1) is 0 Å². The Labute approximate surface area is 138 Å². The third-order valence-corrected chi connectivity index (χ3v) is 3.33. The van der Waals surface area contributed by atoms with Crippen molar-refractivity contribution in [2.75, 3.05) is 6.54 Å². The fraction of sp³-hybridized carbons (Fsp3) is 0.467. The van der Waals surface area contributed by atoms with Gasteiger partial charge < -0.3 is 14.5 Å². The average molecular weight is 337 g/mol. The van der Waals surface area contributed by atoms with Crippen LogP contribution in [-0.4, -0.2) is 34.2 Å². The maximum atomic E-state index is 11.7. The summed E-state index contributed by atoms with van der Waals surface area (Å²) < 4.78 is 10.6. The van der Waals surface area contributed by atoms with E-state index in [4.69, 9.17) is 9.15 Å². The minimum absolute atomic E-state index is 0.153. The molecule has 0 aliphatic rings. The number of ether oxygens (including phenoxy) is 1. The lowest BCUT2D eigenvalue weighted by Crippen LogP contribution is -2.34. The van der Waals surface area contributed by atoms with Crippen LogP contribution in [-0.2, 0) is 20.7 Å². The molecule has 0 spiro atoms. The van der Waals surface area contributed by atoms with Gasteiger partial charge in [0.1, 0.15) is 12.1 Å². The van der Waals surface area contributed by atoms with Gasteiger partial charge in [-0.3, -0.25) is 9.59 Å². The van der Waals surface area contributed by atoms with Crippen molar-refractivity contribution >= 4 is 23.2 Å². The maximum Gasteiger partial charge on any atom is 0.325 e. The predicted molar refractivity (Wildman–Crippen MR) is 84.8 cm³/mol. The van der Waals surface area contributed by atoms with Crippen LogP contribution in [0.15, 0.2) is 21.2 Å². The van der Waals surface area contributed by atoms with Crippen LogP contribution in [0.3, 0.4) is 0 Å². The summed E-state index contributed by atoms with van der Waals surface area (Å²) in [6.45, 7) is 5.16. The van der Waals surface area contributed by atoms with Gasteiger partial charge in [-0.2, -0.15) is 11.3 Å². The van der Waals surface area contributed by atoms with Crippen LogP contribution in [0.1, 0.15) is 33.1 Å². The number of nitrogens with zero attached hydrogens (tertiary/aromatic N) is 2. The van der Waals surface area contributed by atoms with Gasteiger partial charge in [-0.1, -0.05) is 0 Å². The molecule has 124 valence electrons. The highest BCUT2D eigenvalue weighted by molar-refractivity contribution is 7.08. The van der Waals surface area contributed by atoms with Crippen LogP contribution in [0.2, 0.25) is 0 Å². The van der Waals surface area contributed by atoms with Gasteiger partial charge in [0, 0.05) is 23.8 Å². The molecule has 8 heteroatoms. The van der Waals surface area contributed by atoms with Gasteiger partial charge in [0.25, 0.3) is 0 Å². The largest absolute Gasteiger partial charge is 0.459 e. The summed E-state index contributed by atoms with van der Waals surface area (Å²) in [6, 6.07) is 1.88.